The lowest BCUT2D eigenvalue weighted by Crippen LogP contribution is -2.77. The molecule has 188 valence electrons. The molecule has 1 N–H and O–H groups in total. The lowest BCUT2D eigenvalue weighted by Gasteiger charge is -2.56. The van der Waals surface area contributed by atoms with Gasteiger partial charge in [0.1, 0.15) is 12.2 Å². The smallest absolute Gasteiger partial charge is 0.334 e. The van der Waals surface area contributed by atoms with E-state index in [2.05, 4.69) is 11.2 Å². The van der Waals surface area contributed by atoms with E-state index in [1.54, 1.807) is 14.9 Å². The molecule has 4 amide bonds. The van der Waals surface area contributed by atoms with Gasteiger partial charge in [0.2, 0.25) is 11.8 Å². The number of terminal acetylenes is 1. The average molecular weight is 500 g/mol. The third kappa shape index (κ3) is 5.57. The zero-order valence-corrected chi connectivity index (χ0v) is 20.8. The topological polar surface area (TPSA) is 76.2 Å². The summed E-state index contributed by atoms with van der Waals surface area (Å²) >= 11 is 5.97. The van der Waals surface area contributed by atoms with Gasteiger partial charge in [-0.2, -0.15) is 5.01 Å². The number of nitrogens with zero attached hydrogens (tertiary/aromatic N) is 4. The number of piperazine rings is 1. The maximum Gasteiger partial charge on any atom is 0.334 e. The van der Waals surface area contributed by atoms with Gasteiger partial charge in [0.15, 0.2) is 0 Å². The standard InChI is InChI=1S/C26H34ClN5O3/c1-2-16-29-19-24(33)31-22(14-9-15-27)25(34)30(21-12-7-4-8-13-21)18-23(31)32(29)26(35)28-17-20-10-5-3-6-11-20/h1,3,5-6,10-11,21-23H,4,7-9,12-19H2,(H,28,35)/t22-,23-/m0/s1. The van der Waals surface area contributed by atoms with E-state index >= 15 is 0 Å². The molecule has 9 heteroatoms. The largest absolute Gasteiger partial charge is 0.334 e. The van der Waals surface area contributed by atoms with E-state index in [4.69, 9.17) is 18.0 Å². The van der Waals surface area contributed by atoms with Gasteiger partial charge in [0.25, 0.3) is 0 Å². The van der Waals surface area contributed by atoms with Crippen LogP contribution in [0.3, 0.4) is 0 Å². The second kappa shape index (κ2) is 11.8. The van der Waals surface area contributed by atoms with Crippen molar-refractivity contribution >= 4 is 29.4 Å². The van der Waals surface area contributed by atoms with Crippen molar-refractivity contribution in [2.75, 3.05) is 25.5 Å². The third-order valence-electron chi connectivity index (χ3n) is 7.17. The SMILES string of the molecule is C#CCN1CC(=O)N2[C@@H](CCCCl)C(=O)N(C3CCCCC3)C[C@@H]2N1C(=O)NCc1ccccc1. The number of urea groups is 1. The first-order valence-electron chi connectivity index (χ1n) is 12.5. The Balaban J connectivity index is 1.63. The van der Waals surface area contributed by atoms with Crippen LogP contribution in [0, 0.1) is 12.3 Å². The minimum Gasteiger partial charge on any atom is -0.334 e. The first kappa shape index (κ1) is 25.3. The van der Waals surface area contributed by atoms with Gasteiger partial charge in [0.05, 0.1) is 19.6 Å². The van der Waals surface area contributed by atoms with Crippen molar-refractivity contribution in [1.82, 2.24) is 25.1 Å². The van der Waals surface area contributed by atoms with Gasteiger partial charge < -0.3 is 15.1 Å². The number of benzene rings is 1. The number of hydrogen-bond acceptors (Lipinski definition) is 4. The highest BCUT2D eigenvalue weighted by molar-refractivity contribution is 6.17. The van der Waals surface area contributed by atoms with Crippen molar-refractivity contribution in [2.45, 2.75) is 69.7 Å². The Morgan fingerprint density at radius 2 is 1.89 bits per heavy atom. The van der Waals surface area contributed by atoms with Gasteiger partial charge in [-0.05, 0) is 31.2 Å². The molecule has 2 atom stereocenters. The highest BCUT2D eigenvalue weighted by atomic mass is 35.5. The van der Waals surface area contributed by atoms with Crippen LogP contribution in [0.1, 0.15) is 50.5 Å². The molecule has 0 spiro atoms. The molecule has 2 heterocycles. The fraction of sp³-hybridized carbons (Fsp3) is 0.577. The quantitative estimate of drug-likeness (QED) is 0.462. The highest BCUT2D eigenvalue weighted by Crippen LogP contribution is 2.32. The number of carbonyl (C=O) groups is 3. The van der Waals surface area contributed by atoms with Crippen molar-refractivity contribution in [2.24, 2.45) is 0 Å². The Labute approximate surface area is 212 Å². The fourth-order valence-electron chi connectivity index (χ4n) is 5.52. The van der Waals surface area contributed by atoms with Crippen LogP contribution in [0.2, 0.25) is 0 Å². The van der Waals surface area contributed by atoms with Crippen molar-refractivity contribution < 1.29 is 14.4 Å². The van der Waals surface area contributed by atoms with Crippen molar-refractivity contribution in [3.8, 4) is 12.3 Å². The molecule has 35 heavy (non-hydrogen) atoms. The monoisotopic (exact) mass is 499 g/mol. The molecule has 0 aromatic heterocycles. The van der Waals surface area contributed by atoms with Crippen LogP contribution in [-0.2, 0) is 16.1 Å². The maximum atomic E-state index is 13.6. The Morgan fingerprint density at radius 1 is 1.14 bits per heavy atom. The molecule has 2 aliphatic heterocycles. The minimum atomic E-state index is -0.626. The summed E-state index contributed by atoms with van der Waals surface area (Å²) < 4.78 is 0. The normalized spacial score (nSPS) is 23.7. The first-order valence-corrected chi connectivity index (χ1v) is 13.1. The molecule has 2 saturated heterocycles. The van der Waals surface area contributed by atoms with E-state index in [9.17, 15) is 14.4 Å². The van der Waals surface area contributed by atoms with Gasteiger partial charge in [-0.1, -0.05) is 55.5 Å². The second-order valence-corrected chi connectivity index (χ2v) is 9.80. The summed E-state index contributed by atoms with van der Waals surface area (Å²) in [4.78, 5) is 44.0. The number of hydrogen-bond donors (Lipinski definition) is 1. The first-order chi connectivity index (χ1) is 17.0. The molecule has 0 unspecified atom stereocenters. The summed E-state index contributed by atoms with van der Waals surface area (Å²) in [6, 6.07) is 8.82. The fourth-order valence-corrected chi connectivity index (χ4v) is 5.67. The molecule has 8 nitrogen and oxygen atoms in total. The second-order valence-electron chi connectivity index (χ2n) is 9.43. The van der Waals surface area contributed by atoms with Crippen LogP contribution in [0.25, 0.3) is 0 Å². The minimum absolute atomic E-state index is 0.0262. The number of nitrogens with one attached hydrogen (secondary N) is 1. The number of rotatable bonds is 7. The lowest BCUT2D eigenvalue weighted by molar-refractivity contribution is -0.192. The Morgan fingerprint density at radius 3 is 2.57 bits per heavy atom. The van der Waals surface area contributed by atoms with E-state index < -0.39 is 12.2 Å². The average Bonchev–Trinajstić information content (AvgIpc) is 2.88. The molecule has 1 saturated carbocycles. The van der Waals surface area contributed by atoms with E-state index in [0.29, 0.717) is 25.3 Å². The molecule has 0 bridgehead atoms. The zero-order valence-electron chi connectivity index (χ0n) is 20.1. The number of hydrazine groups is 1. The molecule has 3 aliphatic rings. The Kier molecular flexibility index (Phi) is 8.53. The summed E-state index contributed by atoms with van der Waals surface area (Å²) in [6.07, 6.45) is 11.3. The summed E-state index contributed by atoms with van der Waals surface area (Å²) in [7, 11) is 0. The number of halogens is 1. The van der Waals surface area contributed by atoms with Crippen LogP contribution in [0.5, 0.6) is 0 Å². The number of carbonyl (C=O) groups excluding carboxylic acids is 3. The summed E-state index contributed by atoms with van der Waals surface area (Å²) in [6.45, 7) is 0.709. The van der Waals surface area contributed by atoms with Crippen molar-refractivity contribution in [3.63, 3.8) is 0 Å². The Bertz CT molecular complexity index is 946. The maximum absolute atomic E-state index is 13.6. The molecule has 1 aromatic carbocycles. The molecule has 1 aliphatic carbocycles. The number of fused-ring (bicyclic) bond motifs is 1. The lowest BCUT2D eigenvalue weighted by atomic mass is 9.91. The predicted octanol–water partition coefficient (Wildman–Crippen LogP) is 2.78. The van der Waals surface area contributed by atoms with Crippen LogP contribution < -0.4 is 5.32 Å². The molecule has 4 rings (SSSR count). The molecular weight excluding hydrogens is 466 g/mol. The molecular formula is C26H34ClN5O3. The molecule has 0 radical (unpaired) electrons. The van der Waals surface area contributed by atoms with Crippen LogP contribution >= 0.6 is 11.6 Å². The van der Waals surface area contributed by atoms with Crippen LogP contribution in [0.15, 0.2) is 30.3 Å². The summed E-state index contributed by atoms with van der Waals surface area (Å²) in [5.41, 5.74) is 0.969. The van der Waals surface area contributed by atoms with Crippen LogP contribution in [0.4, 0.5) is 4.79 Å². The van der Waals surface area contributed by atoms with Crippen molar-refractivity contribution in [3.05, 3.63) is 35.9 Å². The van der Waals surface area contributed by atoms with E-state index in [-0.39, 0.29) is 43.5 Å². The number of amides is 4. The van der Waals surface area contributed by atoms with Crippen LogP contribution in [-0.4, -0.2) is 81.4 Å². The predicted molar refractivity (Wildman–Crippen MR) is 134 cm³/mol. The van der Waals surface area contributed by atoms with Gasteiger partial charge in [-0.25, -0.2) is 9.80 Å². The van der Waals surface area contributed by atoms with E-state index in [1.165, 1.54) is 6.42 Å². The van der Waals surface area contributed by atoms with E-state index in [0.717, 1.165) is 31.2 Å². The molecule has 3 fully saturated rings. The third-order valence-corrected chi connectivity index (χ3v) is 7.44. The summed E-state index contributed by atoms with van der Waals surface area (Å²) in [5.74, 6) is 2.77. The van der Waals surface area contributed by atoms with Gasteiger partial charge in [-0.15, -0.1) is 18.0 Å². The van der Waals surface area contributed by atoms with Gasteiger partial charge in [0, 0.05) is 18.5 Å². The zero-order chi connectivity index (χ0) is 24.8. The highest BCUT2D eigenvalue weighted by Gasteiger charge is 2.52. The number of alkyl halides is 1. The Hall–Kier alpha value is -2.76. The van der Waals surface area contributed by atoms with Gasteiger partial charge >= 0.3 is 6.03 Å². The van der Waals surface area contributed by atoms with Crippen molar-refractivity contribution in [1.29, 1.82) is 0 Å². The summed E-state index contributed by atoms with van der Waals surface area (Å²) in [5, 5.41) is 6.17. The molecule has 1 aromatic rings. The van der Waals surface area contributed by atoms with E-state index in [1.807, 2.05) is 35.2 Å². The van der Waals surface area contributed by atoms with Gasteiger partial charge in [-0.3, -0.25) is 9.59 Å².